The molecule has 106 valence electrons. The van der Waals surface area contributed by atoms with E-state index in [-0.39, 0.29) is 11.4 Å². The van der Waals surface area contributed by atoms with Crippen LogP contribution in [0.25, 0.3) is 10.9 Å². The zero-order chi connectivity index (χ0) is 14.3. The molecular weight excluding hydrogens is 261 g/mol. The first-order chi connectivity index (χ1) is 9.56. The molecule has 1 aliphatic heterocycles. The van der Waals surface area contributed by atoms with Crippen LogP contribution in [0.1, 0.15) is 18.9 Å². The monoisotopic (exact) mass is 277 g/mol. The molecule has 1 aliphatic rings. The maximum absolute atomic E-state index is 13.3. The van der Waals surface area contributed by atoms with Crippen molar-refractivity contribution in [2.24, 2.45) is 0 Å². The second kappa shape index (κ2) is 4.86. The first-order valence-corrected chi connectivity index (χ1v) is 6.69. The van der Waals surface area contributed by atoms with E-state index in [4.69, 9.17) is 0 Å². The molecule has 0 atom stereocenters. The van der Waals surface area contributed by atoms with Crippen molar-refractivity contribution in [1.82, 2.24) is 14.5 Å². The lowest BCUT2D eigenvalue weighted by Crippen LogP contribution is -2.42. The third-order valence-electron chi connectivity index (χ3n) is 3.94. The topological polar surface area (TPSA) is 58.1 Å². The smallest absolute Gasteiger partial charge is 0.307 e. The largest absolute Gasteiger partial charge is 0.329 e. The van der Waals surface area contributed by atoms with Crippen molar-refractivity contribution < 1.29 is 4.39 Å². The molecule has 2 aromatic rings. The van der Waals surface area contributed by atoms with Crippen LogP contribution in [0.15, 0.2) is 27.8 Å². The minimum Gasteiger partial charge on any atom is -0.307 e. The average molecular weight is 277 g/mol. The summed E-state index contributed by atoms with van der Waals surface area (Å²) < 4.78 is 14.5. The molecule has 0 amide bonds. The molecule has 1 N–H and O–H groups in total. The zero-order valence-corrected chi connectivity index (χ0v) is 11.2. The lowest BCUT2D eigenvalue weighted by Gasteiger charge is -2.29. The number of fused-ring (bicyclic) bond motifs is 1. The summed E-state index contributed by atoms with van der Waals surface area (Å²) in [5.41, 5.74) is -0.438. The Balaban J connectivity index is 2.16. The molecule has 0 unspecified atom stereocenters. The van der Waals surface area contributed by atoms with E-state index in [1.54, 1.807) is 0 Å². The van der Waals surface area contributed by atoms with Crippen LogP contribution in [0.3, 0.4) is 0 Å². The number of H-pyrrole nitrogens is 1. The molecule has 20 heavy (non-hydrogen) atoms. The Hall–Kier alpha value is -1.95. The van der Waals surface area contributed by atoms with Gasteiger partial charge in [0.15, 0.2) is 0 Å². The minimum atomic E-state index is -0.475. The van der Waals surface area contributed by atoms with Crippen LogP contribution in [0.5, 0.6) is 0 Å². The van der Waals surface area contributed by atoms with E-state index in [9.17, 15) is 14.0 Å². The van der Waals surface area contributed by atoms with E-state index in [1.807, 2.05) is 7.05 Å². The zero-order valence-electron chi connectivity index (χ0n) is 11.2. The van der Waals surface area contributed by atoms with Crippen LogP contribution >= 0.6 is 0 Å². The molecule has 0 radical (unpaired) electrons. The van der Waals surface area contributed by atoms with Crippen LogP contribution in [0.4, 0.5) is 4.39 Å². The summed E-state index contributed by atoms with van der Waals surface area (Å²) >= 11 is 0. The summed E-state index contributed by atoms with van der Waals surface area (Å²) in [5, 5.41) is 0.225. The fraction of sp³-hybridized carbons (Fsp3) is 0.429. The molecule has 0 saturated carbocycles. The van der Waals surface area contributed by atoms with Gasteiger partial charge in [-0.15, -0.1) is 0 Å². The number of benzene rings is 1. The Kier molecular flexibility index (Phi) is 3.17. The van der Waals surface area contributed by atoms with Crippen LogP contribution in [0, 0.1) is 5.82 Å². The third-order valence-corrected chi connectivity index (χ3v) is 3.94. The molecule has 0 spiro atoms. The van der Waals surface area contributed by atoms with Crippen LogP contribution in [0.2, 0.25) is 0 Å². The molecule has 6 heteroatoms. The number of nitrogens with zero attached hydrogens (tertiary/aromatic N) is 2. The van der Waals surface area contributed by atoms with Gasteiger partial charge < -0.3 is 9.88 Å². The van der Waals surface area contributed by atoms with Gasteiger partial charge in [0.25, 0.3) is 5.56 Å². The summed E-state index contributed by atoms with van der Waals surface area (Å²) in [7, 11) is 2.01. The van der Waals surface area contributed by atoms with E-state index in [0.717, 1.165) is 25.9 Å². The molecule has 0 bridgehead atoms. The molecule has 1 aromatic heterocycles. The highest BCUT2D eigenvalue weighted by Crippen LogP contribution is 2.19. The van der Waals surface area contributed by atoms with Crippen molar-refractivity contribution in [2.75, 3.05) is 20.1 Å². The first kappa shape index (κ1) is 13.1. The predicted molar refractivity (Wildman–Crippen MR) is 74.6 cm³/mol. The van der Waals surface area contributed by atoms with Gasteiger partial charge in [0, 0.05) is 6.04 Å². The molecule has 0 aliphatic carbocycles. The Morgan fingerprint density at radius 1 is 1.25 bits per heavy atom. The number of hydrogen-bond donors (Lipinski definition) is 1. The highest BCUT2D eigenvalue weighted by Gasteiger charge is 2.22. The summed E-state index contributed by atoms with van der Waals surface area (Å²) in [6, 6.07) is 3.72. The number of aromatic amines is 1. The van der Waals surface area contributed by atoms with Gasteiger partial charge in [-0.25, -0.2) is 9.18 Å². The van der Waals surface area contributed by atoms with E-state index < -0.39 is 17.1 Å². The second-order valence-corrected chi connectivity index (χ2v) is 5.33. The normalized spacial score (nSPS) is 17.7. The predicted octanol–water partition coefficient (Wildman–Crippen LogP) is 1.10. The number of rotatable bonds is 1. The van der Waals surface area contributed by atoms with Crippen molar-refractivity contribution in [3.05, 3.63) is 44.9 Å². The van der Waals surface area contributed by atoms with E-state index >= 15 is 0 Å². The maximum atomic E-state index is 13.3. The van der Waals surface area contributed by atoms with Crippen molar-refractivity contribution >= 4 is 10.9 Å². The fourth-order valence-corrected chi connectivity index (χ4v) is 2.78. The van der Waals surface area contributed by atoms with Crippen molar-refractivity contribution in [1.29, 1.82) is 0 Å². The molecule has 2 heterocycles. The number of halogens is 1. The molecule has 1 aromatic carbocycles. The third kappa shape index (κ3) is 2.16. The fourth-order valence-electron chi connectivity index (χ4n) is 2.78. The Bertz CT molecular complexity index is 757. The van der Waals surface area contributed by atoms with Gasteiger partial charge in [0.05, 0.1) is 10.9 Å². The van der Waals surface area contributed by atoms with Crippen molar-refractivity contribution in [2.45, 2.75) is 18.9 Å². The summed E-state index contributed by atoms with van der Waals surface area (Å²) in [6.07, 6.45) is 1.50. The number of aromatic nitrogens is 2. The van der Waals surface area contributed by atoms with Crippen LogP contribution in [-0.4, -0.2) is 34.6 Å². The molecule has 3 rings (SSSR count). The lowest BCUT2D eigenvalue weighted by atomic mass is 10.1. The Morgan fingerprint density at radius 3 is 2.65 bits per heavy atom. The van der Waals surface area contributed by atoms with Gasteiger partial charge in [0.2, 0.25) is 0 Å². The quantitative estimate of drug-likeness (QED) is 0.849. The average Bonchev–Trinajstić information content (AvgIpc) is 2.42. The van der Waals surface area contributed by atoms with E-state index in [0.29, 0.717) is 5.52 Å². The highest BCUT2D eigenvalue weighted by molar-refractivity contribution is 5.77. The van der Waals surface area contributed by atoms with E-state index in [2.05, 4.69) is 9.88 Å². The van der Waals surface area contributed by atoms with Crippen molar-refractivity contribution in [3.8, 4) is 0 Å². The van der Waals surface area contributed by atoms with Crippen LogP contribution < -0.4 is 11.2 Å². The van der Waals surface area contributed by atoms with Gasteiger partial charge in [-0.2, -0.15) is 0 Å². The molecule has 1 saturated heterocycles. The Labute approximate surface area is 114 Å². The molecular formula is C14H16FN3O2. The lowest BCUT2D eigenvalue weighted by molar-refractivity contribution is 0.216. The SMILES string of the molecule is CN1CCC(n2c(=O)[nH]c3ccc(F)cc3c2=O)CC1. The molecule has 5 nitrogen and oxygen atoms in total. The standard InChI is InChI=1S/C14H16FN3O2/c1-17-6-4-10(5-7-17)18-13(19)11-8-9(15)2-3-12(11)16-14(18)20/h2-3,8,10H,4-7H2,1H3,(H,16,20). The summed E-state index contributed by atoms with van der Waals surface area (Å²) in [6.45, 7) is 1.69. The Morgan fingerprint density at radius 2 is 1.95 bits per heavy atom. The maximum Gasteiger partial charge on any atom is 0.329 e. The van der Waals surface area contributed by atoms with Gasteiger partial charge in [0.1, 0.15) is 5.82 Å². The van der Waals surface area contributed by atoms with Crippen LogP contribution in [-0.2, 0) is 0 Å². The van der Waals surface area contributed by atoms with Gasteiger partial charge in [-0.3, -0.25) is 9.36 Å². The van der Waals surface area contributed by atoms with Gasteiger partial charge in [-0.1, -0.05) is 0 Å². The second-order valence-electron chi connectivity index (χ2n) is 5.33. The number of likely N-dealkylation sites (tertiary alicyclic amines) is 1. The number of piperidine rings is 1. The highest BCUT2D eigenvalue weighted by atomic mass is 19.1. The van der Waals surface area contributed by atoms with E-state index in [1.165, 1.54) is 22.8 Å². The minimum absolute atomic E-state index is 0.116. The van der Waals surface area contributed by atoms with Gasteiger partial charge >= 0.3 is 5.69 Å². The first-order valence-electron chi connectivity index (χ1n) is 6.69. The molecule has 1 fully saturated rings. The summed E-state index contributed by atoms with van der Waals surface area (Å²) in [4.78, 5) is 29.4. The number of hydrogen-bond acceptors (Lipinski definition) is 3. The number of nitrogens with one attached hydrogen (secondary N) is 1. The van der Waals surface area contributed by atoms with Gasteiger partial charge in [-0.05, 0) is 51.2 Å². The summed E-state index contributed by atoms with van der Waals surface area (Å²) in [5.74, 6) is -0.475. The van der Waals surface area contributed by atoms with Crippen molar-refractivity contribution in [3.63, 3.8) is 0 Å².